The van der Waals surface area contributed by atoms with Gasteiger partial charge in [-0.15, -0.1) is 35.3 Å². The van der Waals surface area contributed by atoms with Crippen LogP contribution in [0.3, 0.4) is 0 Å². The highest BCUT2D eigenvalue weighted by Gasteiger charge is 2.31. The molecular formula is C16H30IN5S. The summed E-state index contributed by atoms with van der Waals surface area (Å²) in [5.74, 6) is 1.50. The highest BCUT2D eigenvalue weighted by Crippen LogP contribution is 2.18. The summed E-state index contributed by atoms with van der Waals surface area (Å²) >= 11 is 1.77. The summed E-state index contributed by atoms with van der Waals surface area (Å²) in [4.78, 5) is 12.6. The zero-order valence-corrected chi connectivity index (χ0v) is 17.9. The van der Waals surface area contributed by atoms with E-state index in [1.165, 1.54) is 4.88 Å². The molecule has 1 aromatic rings. The van der Waals surface area contributed by atoms with Crippen molar-refractivity contribution in [1.29, 1.82) is 0 Å². The van der Waals surface area contributed by atoms with Gasteiger partial charge < -0.3 is 10.6 Å². The van der Waals surface area contributed by atoms with Crippen LogP contribution in [-0.4, -0.2) is 48.1 Å². The van der Waals surface area contributed by atoms with Crippen LogP contribution in [0.25, 0.3) is 0 Å². The SMILES string of the molecule is CCc1cnc(CNC(=NC)NC2CN(C(C)C)CC2C)s1.I. The molecular weight excluding hydrogens is 421 g/mol. The van der Waals surface area contributed by atoms with Gasteiger partial charge in [0.25, 0.3) is 0 Å². The van der Waals surface area contributed by atoms with Crippen molar-refractivity contribution < 1.29 is 0 Å². The second kappa shape index (κ2) is 9.78. The Morgan fingerprint density at radius 2 is 2.22 bits per heavy atom. The van der Waals surface area contributed by atoms with Crippen molar-refractivity contribution >= 4 is 41.3 Å². The molecule has 0 amide bonds. The third-order valence-corrected chi connectivity index (χ3v) is 5.42. The van der Waals surface area contributed by atoms with Crippen molar-refractivity contribution in [3.8, 4) is 0 Å². The van der Waals surface area contributed by atoms with E-state index in [2.05, 4.69) is 53.2 Å². The van der Waals surface area contributed by atoms with Gasteiger partial charge in [0.05, 0.1) is 6.54 Å². The Kier molecular flexibility index (Phi) is 8.78. The minimum absolute atomic E-state index is 0. The van der Waals surface area contributed by atoms with Crippen molar-refractivity contribution in [3.05, 3.63) is 16.1 Å². The quantitative estimate of drug-likeness (QED) is 0.411. The maximum Gasteiger partial charge on any atom is 0.191 e. The van der Waals surface area contributed by atoms with Crippen LogP contribution in [0.15, 0.2) is 11.2 Å². The van der Waals surface area contributed by atoms with Crippen molar-refractivity contribution in [2.75, 3.05) is 20.1 Å². The Hall–Kier alpha value is -0.410. The molecule has 0 bridgehead atoms. The van der Waals surface area contributed by atoms with Crippen LogP contribution in [0.2, 0.25) is 0 Å². The van der Waals surface area contributed by atoms with Gasteiger partial charge in [-0.3, -0.25) is 9.89 Å². The first-order valence-electron chi connectivity index (χ1n) is 8.18. The number of rotatable bonds is 5. The second-order valence-electron chi connectivity index (χ2n) is 6.28. The van der Waals surface area contributed by atoms with E-state index in [1.807, 2.05) is 13.2 Å². The van der Waals surface area contributed by atoms with E-state index >= 15 is 0 Å². The average Bonchev–Trinajstić information content (AvgIpc) is 3.10. The van der Waals surface area contributed by atoms with Gasteiger partial charge in [-0.05, 0) is 26.2 Å². The molecule has 2 rings (SSSR count). The van der Waals surface area contributed by atoms with Gasteiger partial charge in [0.15, 0.2) is 5.96 Å². The Balaban J connectivity index is 0.00000264. The molecule has 0 spiro atoms. The summed E-state index contributed by atoms with van der Waals surface area (Å²) < 4.78 is 0. The number of likely N-dealkylation sites (tertiary alicyclic amines) is 1. The van der Waals surface area contributed by atoms with Gasteiger partial charge in [-0.2, -0.15) is 0 Å². The molecule has 0 aromatic carbocycles. The number of aryl methyl sites for hydroxylation is 1. The summed E-state index contributed by atoms with van der Waals surface area (Å²) in [5.41, 5.74) is 0. The van der Waals surface area contributed by atoms with Crippen molar-refractivity contribution in [3.63, 3.8) is 0 Å². The molecule has 2 heterocycles. The van der Waals surface area contributed by atoms with E-state index in [9.17, 15) is 0 Å². The fourth-order valence-corrected chi connectivity index (χ4v) is 3.54. The van der Waals surface area contributed by atoms with Gasteiger partial charge in [-0.1, -0.05) is 13.8 Å². The Morgan fingerprint density at radius 3 is 2.74 bits per heavy atom. The van der Waals surface area contributed by atoms with Crippen LogP contribution in [0.4, 0.5) is 0 Å². The van der Waals surface area contributed by atoms with Gasteiger partial charge in [-0.25, -0.2) is 4.98 Å². The predicted molar refractivity (Wildman–Crippen MR) is 110 cm³/mol. The lowest BCUT2D eigenvalue weighted by Gasteiger charge is -2.21. The number of halogens is 1. The van der Waals surface area contributed by atoms with Gasteiger partial charge in [0, 0.05) is 43.3 Å². The normalized spacial score (nSPS) is 22.3. The summed E-state index contributed by atoms with van der Waals surface area (Å²) in [6, 6.07) is 1.06. The maximum absolute atomic E-state index is 4.44. The molecule has 23 heavy (non-hydrogen) atoms. The standard InChI is InChI=1S/C16H29N5S.HI/c1-6-13-7-18-15(22-13)8-19-16(17-5)20-14-10-21(11(2)3)9-12(14)4;/h7,11-12,14H,6,8-10H2,1-5H3,(H2,17,19,20);1H. The first-order valence-corrected chi connectivity index (χ1v) is 9.00. The van der Waals surface area contributed by atoms with Crippen LogP contribution in [0, 0.1) is 5.92 Å². The maximum atomic E-state index is 4.44. The highest BCUT2D eigenvalue weighted by atomic mass is 127. The van der Waals surface area contributed by atoms with Gasteiger partial charge >= 0.3 is 0 Å². The van der Waals surface area contributed by atoms with Crippen molar-refractivity contribution in [2.45, 2.75) is 52.7 Å². The number of hydrogen-bond acceptors (Lipinski definition) is 4. The Bertz CT molecular complexity index is 502. The molecule has 1 aliphatic heterocycles. The summed E-state index contributed by atoms with van der Waals surface area (Å²) in [6.07, 6.45) is 3.02. The van der Waals surface area contributed by atoms with Crippen LogP contribution in [0.5, 0.6) is 0 Å². The predicted octanol–water partition coefficient (Wildman–Crippen LogP) is 2.72. The third-order valence-electron chi connectivity index (χ3n) is 4.27. The average molecular weight is 451 g/mol. The molecule has 5 nitrogen and oxygen atoms in total. The molecule has 1 fully saturated rings. The third kappa shape index (κ3) is 5.86. The number of aromatic nitrogens is 1. The minimum Gasteiger partial charge on any atom is -0.352 e. The minimum atomic E-state index is 0. The summed E-state index contributed by atoms with van der Waals surface area (Å²) in [6.45, 7) is 12.0. The number of aliphatic imine (C=N–C) groups is 1. The fraction of sp³-hybridized carbons (Fsp3) is 0.750. The molecule has 0 radical (unpaired) electrons. The van der Waals surface area contributed by atoms with Crippen LogP contribution >= 0.6 is 35.3 Å². The topological polar surface area (TPSA) is 52.6 Å². The van der Waals surface area contributed by atoms with E-state index < -0.39 is 0 Å². The van der Waals surface area contributed by atoms with Crippen LogP contribution in [0.1, 0.15) is 37.6 Å². The fourth-order valence-electron chi connectivity index (χ4n) is 2.74. The molecule has 2 N–H and O–H groups in total. The lowest BCUT2D eigenvalue weighted by Crippen LogP contribution is -2.46. The van der Waals surface area contributed by atoms with Crippen molar-refractivity contribution in [2.24, 2.45) is 10.9 Å². The first kappa shape index (κ1) is 20.6. The smallest absolute Gasteiger partial charge is 0.191 e. The second-order valence-corrected chi connectivity index (χ2v) is 7.48. The number of thiazole rings is 1. The lowest BCUT2D eigenvalue weighted by atomic mass is 10.1. The molecule has 2 unspecified atom stereocenters. The number of guanidine groups is 1. The van der Waals surface area contributed by atoms with E-state index in [0.29, 0.717) is 18.0 Å². The first-order chi connectivity index (χ1) is 10.5. The molecule has 1 saturated heterocycles. The largest absolute Gasteiger partial charge is 0.352 e. The highest BCUT2D eigenvalue weighted by molar-refractivity contribution is 14.0. The Labute approximate surface area is 161 Å². The number of nitrogens with one attached hydrogen (secondary N) is 2. The monoisotopic (exact) mass is 451 g/mol. The Morgan fingerprint density at radius 1 is 1.48 bits per heavy atom. The summed E-state index contributed by atoms with van der Waals surface area (Å²) in [7, 11) is 1.83. The molecule has 0 saturated carbocycles. The zero-order valence-electron chi connectivity index (χ0n) is 14.8. The molecule has 132 valence electrons. The van der Waals surface area contributed by atoms with E-state index in [4.69, 9.17) is 0 Å². The van der Waals surface area contributed by atoms with Gasteiger partial charge in [0.2, 0.25) is 0 Å². The molecule has 0 aliphatic carbocycles. The molecule has 2 atom stereocenters. The summed E-state index contributed by atoms with van der Waals surface area (Å²) in [5, 5.41) is 8.06. The van der Waals surface area contributed by atoms with Gasteiger partial charge in [0.1, 0.15) is 5.01 Å². The zero-order chi connectivity index (χ0) is 16.1. The van der Waals surface area contributed by atoms with Crippen LogP contribution in [-0.2, 0) is 13.0 Å². The van der Waals surface area contributed by atoms with Crippen molar-refractivity contribution in [1.82, 2.24) is 20.5 Å². The van der Waals surface area contributed by atoms with E-state index in [1.54, 1.807) is 11.3 Å². The van der Waals surface area contributed by atoms with E-state index in [0.717, 1.165) is 37.0 Å². The number of hydrogen-bond donors (Lipinski definition) is 2. The molecule has 1 aromatic heterocycles. The van der Waals surface area contributed by atoms with E-state index in [-0.39, 0.29) is 24.0 Å². The van der Waals surface area contributed by atoms with Crippen LogP contribution < -0.4 is 10.6 Å². The lowest BCUT2D eigenvalue weighted by molar-refractivity contribution is 0.265. The number of nitrogens with zero attached hydrogens (tertiary/aromatic N) is 3. The molecule has 7 heteroatoms. The molecule has 1 aliphatic rings.